The summed E-state index contributed by atoms with van der Waals surface area (Å²) in [5, 5.41) is 16.8. The Bertz CT molecular complexity index is 1740. The molecule has 3 rings (SSSR count). The van der Waals surface area contributed by atoms with Gasteiger partial charge in [-0.15, -0.1) is 0 Å². The van der Waals surface area contributed by atoms with E-state index >= 15 is 0 Å². The minimum absolute atomic E-state index is 0.00367. The van der Waals surface area contributed by atoms with Crippen LogP contribution in [0.15, 0.2) is 54.6 Å². The van der Waals surface area contributed by atoms with Crippen molar-refractivity contribution in [2.24, 2.45) is 23.7 Å². The first-order chi connectivity index (χ1) is 29.3. The van der Waals surface area contributed by atoms with Crippen LogP contribution < -0.4 is 16.4 Å². The third kappa shape index (κ3) is 13.4. The van der Waals surface area contributed by atoms with E-state index in [1.807, 2.05) is 59.7 Å². The third-order valence-electron chi connectivity index (χ3n) is 12.4. The zero-order valence-corrected chi connectivity index (χ0v) is 39.0. The molecule has 0 saturated carbocycles. The number of carbonyl (C=O) groups is 5. The van der Waals surface area contributed by atoms with E-state index in [9.17, 15) is 29.1 Å². The molecule has 0 radical (unpaired) electrons. The summed E-state index contributed by atoms with van der Waals surface area (Å²) in [5.74, 6) is -2.72. The van der Waals surface area contributed by atoms with Crippen molar-refractivity contribution < 1.29 is 43.3 Å². The number of likely N-dealkylation sites (N-methyl/N-ethyl adjacent to an activating group) is 2. The first kappa shape index (κ1) is 51.6. The number of nitrogens with one attached hydrogen (secondary N) is 2. The predicted octanol–water partition coefficient (Wildman–Crippen LogP) is 5.16. The second-order valence-corrected chi connectivity index (χ2v) is 17.6. The van der Waals surface area contributed by atoms with Crippen molar-refractivity contribution in [3.8, 4) is 0 Å². The van der Waals surface area contributed by atoms with E-state index in [-0.39, 0.29) is 54.5 Å². The normalized spacial score (nSPS) is 18.4. The molecule has 1 heterocycles. The highest BCUT2D eigenvalue weighted by molar-refractivity contribution is 5.91. The summed E-state index contributed by atoms with van der Waals surface area (Å²) in [7, 11) is 6.24. The van der Waals surface area contributed by atoms with E-state index in [1.165, 1.54) is 26.2 Å². The average Bonchev–Trinajstić information content (AvgIpc) is 3.74. The van der Waals surface area contributed by atoms with Crippen LogP contribution in [-0.2, 0) is 40.0 Å². The number of amides is 5. The molecule has 5 N–H and O–H groups in total. The number of hydrogen-bond donors (Lipinski definition) is 4. The number of likely N-dealkylation sites (tertiary alicyclic amines) is 1. The number of anilines is 1. The summed E-state index contributed by atoms with van der Waals surface area (Å²) >= 11 is 0. The van der Waals surface area contributed by atoms with E-state index in [4.69, 9.17) is 19.9 Å². The molecule has 1 fully saturated rings. The van der Waals surface area contributed by atoms with Gasteiger partial charge in [0.1, 0.15) is 18.7 Å². The van der Waals surface area contributed by atoms with Gasteiger partial charge >= 0.3 is 6.09 Å². The van der Waals surface area contributed by atoms with Gasteiger partial charge in [0.05, 0.1) is 48.8 Å². The molecule has 0 bridgehead atoms. The van der Waals surface area contributed by atoms with Crippen molar-refractivity contribution in [1.29, 1.82) is 0 Å². The molecule has 0 aromatic heterocycles. The van der Waals surface area contributed by atoms with E-state index in [1.54, 1.807) is 67.1 Å². The van der Waals surface area contributed by atoms with Crippen LogP contribution in [0.5, 0.6) is 0 Å². The molecule has 15 nitrogen and oxygen atoms in total. The SMILES string of the molecule is CC[C@H](C)[C@@H]([C@@H](CC(=O)N1CCC[C@H]1[C@H](OC)[C@@H](C)C(=O)N[C@H](C)[C@H](O)c1ccccc1)OC)N(C)C(=O)[C@@H](NC(=O)[C@H](C(C)C)N(C)C(=O)OCc1ccc(N)cc1)C(C)C. The molecule has 0 aliphatic carbocycles. The number of aliphatic hydroxyl groups is 1. The molecule has 62 heavy (non-hydrogen) atoms. The van der Waals surface area contributed by atoms with Crippen LogP contribution in [0.3, 0.4) is 0 Å². The van der Waals surface area contributed by atoms with Gasteiger partial charge in [-0.25, -0.2) is 4.79 Å². The van der Waals surface area contributed by atoms with Crippen LogP contribution in [0.1, 0.15) is 98.3 Å². The molecule has 15 heteroatoms. The van der Waals surface area contributed by atoms with Gasteiger partial charge in [-0.05, 0) is 60.8 Å². The van der Waals surface area contributed by atoms with Gasteiger partial charge in [-0.1, -0.05) is 97.4 Å². The molecule has 0 unspecified atom stereocenters. The number of hydrogen-bond acceptors (Lipinski definition) is 10. The Labute approximate surface area is 369 Å². The maximum absolute atomic E-state index is 14.5. The number of nitrogens with zero attached hydrogens (tertiary/aromatic N) is 3. The maximum atomic E-state index is 14.5. The Balaban J connectivity index is 1.75. The molecule has 2 aromatic rings. The predicted molar refractivity (Wildman–Crippen MR) is 239 cm³/mol. The minimum atomic E-state index is -0.956. The monoisotopic (exact) mass is 867 g/mol. The number of nitrogens with two attached hydrogens (primary N) is 1. The van der Waals surface area contributed by atoms with Crippen LogP contribution in [0, 0.1) is 23.7 Å². The highest BCUT2D eigenvalue weighted by Crippen LogP contribution is 2.30. The highest BCUT2D eigenvalue weighted by atomic mass is 16.6. The van der Waals surface area contributed by atoms with E-state index in [2.05, 4.69) is 10.6 Å². The summed E-state index contributed by atoms with van der Waals surface area (Å²) in [6, 6.07) is 12.7. The average molecular weight is 867 g/mol. The molecular formula is C47H74N6O9. The zero-order chi connectivity index (χ0) is 46.4. The molecular weight excluding hydrogens is 793 g/mol. The van der Waals surface area contributed by atoms with Gasteiger partial charge in [0.25, 0.3) is 0 Å². The number of benzene rings is 2. The van der Waals surface area contributed by atoms with E-state index in [0.717, 1.165) is 12.0 Å². The van der Waals surface area contributed by atoms with Gasteiger partial charge in [-0.3, -0.25) is 24.1 Å². The Hall–Kier alpha value is -4.73. The van der Waals surface area contributed by atoms with Crippen LogP contribution >= 0.6 is 0 Å². The van der Waals surface area contributed by atoms with Crippen molar-refractivity contribution in [2.75, 3.05) is 40.6 Å². The highest BCUT2D eigenvalue weighted by Gasteiger charge is 2.43. The number of rotatable bonds is 22. The molecule has 10 atom stereocenters. The van der Waals surface area contributed by atoms with Crippen LogP contribution in [0.25, 0.3) is 0 Å². The molecule has 0 spiro atoms. The lowest BCUT2D eigenvalue weighted by atomic mass is 9.89. The summed E-state index contributed by atoms with van der Waals surface area (Å²) in [6.07, 6.45) is -0.909. The number of nitrogen functional groups attached to an aromatic ring is 1. The summed E-state index contributed by atoms with van der Waals surface area (Å²) in [4.78, 5) is 74.2. The van der Waals surface area contributed by atoms with Gasteiger partial charge in [0, 0.05) is 40.5 Å². The Morgan fingerprint density at radius 2 is 1.48 bits per heavy atom. The largest absolute Gasteiger partial charge is 0.445 e. The van der Waals surface area contributed by atoms with Crippen LogP contribution in [0.4, 0.5) is 10.5 Å². The summed E-state index contributed by atoms with van der Waals surface area (Å²) in [6.45, 7) is 15.3. The lowest BCUT2D eigenvalue weighted by Crippen LogP contribution is -2.60. The standard InChI is InChI=1S/C47H74N6O9/c1-13-30(6)41(51(9)46(58)39(28(2)3)50-45(57)40(29(4)5)52(10)47(59)62-27-33-21-23-35(48)24-22-33)37(60-11)26-38(54)53-25-17-20-36(53)43(61-12)31(7)44(56)49-32(8)42(55)34-18-15-14-16-19-34/h14-16,18-19,21-24,28-32,36-37,39-43,55H,13,17,20,25-27,48H2,1-12H3,(H,49,56)(H,50,57)/t30-,31+,32+,36-,37+,39-,40-,41-,42-,43+/m0/s1. The molecule has 1 saturated heterocycles. The van der Waals surface area contributed by atoms with Gasteiger partial charge in [-0.2, -0.15) is 0 Å². The first-order valence-corrected chi connectivity index (χ1v) is 22.0. The fourth-order valence-corrected chi connectivity index (χ4v) is 8.55. The first-order valence-electron chi connectivity index (χ1n) is 22.0. The lowest BCUT2D eigenvalue weighted by Gasteiger charge is -2.41. The third-order valence-corrected chi connectivity index (χ3v) is 12.4. The number of methoxy groups -OCH3 is 2. The smallest absolute Gasteiger partial charge is 0.410 e. The minimum Gasteiger partial charge on any atom is -0.445 e. The van der Waals surface area contributed by atoms with E-state index in [0.29, 0.717) is 30.6 Å². The van der Waals surface area contributed by atoms with Gasteiger partial charge in [0.2, 0.25) is 23.6 Å². The van der Waals surface area contributed by atoms with Crippen LogP contribution in [0.2, 0.25) is 0 Å². The molecule has 2 aromatic carbocycles. The number of aliphatic hydroxyl groups excluding tert-OH is 1. The van der Waals surface area contributed by atoms with Crippen molar-refractivity contribution in [1.82, 2.24) is 25.3 Å². The quantitative estimate of drug-likeness (QED) is 0.115. The topological polar surface area (TPSA) is 193 Å². The molecule has 1 aliphatic heterocycles. The molecule has 5 amide bonds. The van der Waals surface area contributed by atoms with Crippen LogP contribution in [-0.4, -0.2) is 127 Å². The van der Waals surface area contributed by atoms with Gasteiger partial charge in [0.15, 0.2) is 0 Å². The van der Waals surface area contributed by atoms with E-state index < -0.39 is 60.4 Å². The second-order valence-electron chi connectivity index (χ2n) is 17.6. The van der Waals surface area contributed by atoms with Gasteiger partial charge < -0.3 is 45.5 Å². The molecule has 1 aliphatic rings. The maximum Gasteiger partial charge on any atom is 0.410 e. The second kappa shape index (κ2) is 24.2. The van der Waals surface area contributed by atoms with Crippen molar-refractivity contribution in [3.05, 3.63) is 65.7 Å². The Kier molecular flexibility index (Phi) is 20.2. The summed E-state index contributed by atoms with van der Waals surface area (Å²) in [5.41, 5.74) is 7.80. The fourth-order valence-electron chi connectivity index (χ4n) is 8.55. The molecule has 346 valence electrons. The number of carbonyl (C=O) groups excluding carboxylic acids is 5. The van der Waals surface area contributed by atoms with Crippen molar-refractivity contribution in [2.45, 2.75) is 136 Å². The Morgan fingerprint density at radius 3 is 2.03 bits per heavy atom. The zero-order valence-electron chi connectivity index (χ0n) is 39.0. The van der Waals surface area contributed by atoms with Crippen molar-refractivity contribution in [3.63, 3.8) is 0 Å². The summed E-state index contributed by atoms with van der Waals surface area (Å²) < 4.78 is 17.5. The van der Waals surface area contributed by atoms with Crippen molar-refractivity contribution >= 4 is 35.4 Å². The fraction of sp³-hybridized carbons (Fsp3) is 0.638. The Morgan fingerprint density at radius 1 is 0.855 bits per heavy atom. The lowest BCUT2D eigenvalue weighted by molar-refractivity contribution is -0.148. The number of ether oxygens (including phenoxy) is 3.